The molecule has 10 nitrogen and oxygen atoms in total. The van der Waals surface area contributed by atoms with Gasteiger partial charge >= 0.3 is 0 Å². The van der Waals surface area contributed by atoms with Crippen LogP contribution in [0.15, 0.2) is 18.2 Å². The Morgan fingerprint density at radius 2 is 1.89 bits per heavy atom. The molecule has 0 atom stereocenters. The molecule has 4 N–H and O–H groups in total. The van der Waals surface area contributed by atoms with E-state index in [-0.39, 0.29) is 5.91 Å². The molecular formula is C27H33N7O3S. The second-order valence-electron chi connectivity index (χ2n) is 9.07. The summed E-state index contributed by atoms with van der Waals surface area (Å²) in [6.45, 7) is 8.03. The summed E-state index contributed by atoms with van der Waals surface area (Å²) < 4.78 is 6.64. The molecular weight excluding hydrogens is 502 g/mol. The van der Waals surface area contributed by atoms with Crippen molar-refractivity contribution in [2.75, 3.05) is 69.7 Å². The van der Waals surface area contributed by atoms with Gasteiger partial charge in [-0.3, -0.25) is 9.69 Å². The molecule has 0 aliphatic carbocycles. The molecule has 0 unspecified atom stereocenters. The van der Waals surface area contributed by atoms with Gasteiger partial charge in [0.15, 0.2) is 11.6 Å². The number of hydrogen-bond donors (Lipinski definition) is 3. The zero-order chi connectivity index (χ0) is 27.2. The maximum Gasteiger partial charge on any atom is 0.248 e. The molecule has 2 aromatic heterocycles. The number of nitrogens with one attached hydrogen (secondary N) is 1. The number of carbonyl (C=O) groups is 1. The molecule has 200 valence electrons. The van der Waals surface area contributed by atoms with E-state index in [1.54, 1.807) is 22.3 Å². The Bertz CT molecular complexity index is 1330. The maximum absolute atomic E-state index is 11.8. The first-order chi connectivity index (χ1) is 18.5. The minimum Gasteiger partial charge on any atom is -0.398 e. The van der Waals surface area contributed by atoms with Gasteiger partial charge in [0.25, 0.3) is 0 Å². The molecule has 4 heterocycles. The highest BCUT2D eigenvalue weighted by atomic mass is 32.1. The highest BCUT2D eigenvalue weighted by molar-refractivity contribution is 7.19. The van der Waals surface area contributed by atoms with Crippen molar-refractivity contribution in [1.82, 2.24) is 19.8 Å². The van der Waals surface area contributed by atoms with Gasteiger partial charge in [-0.2, -0.15) is 0 Å². The number of aromatic nitrogens is 2. The molecule has 0 bridgehead atoms. The number of carbonyl (C=O) groups excluding carboxylic acids is 1. The van der Waals surface area contributed by atoms with Crippen molar-refractivity contribution >= 4 is 45.2 Å². The molecule has 2 fully saturated rings. The van der Waals surface area contributed by atoms with Gasteiger partial charge in [0.05, 0.1) is 23.4 Å². The van der Waals surface area contributed by atoms with Gasteiger partial charge in [-0.25, -0.2) is 9.97 Å². The third kappa shape index (κ3) is 5.49. The predicted octanol–water partition coefficient (Wildman–Crippen LogP) is 1.97. The quantitative estimate of drug-likeness (QED) is 0.248. The Morgan fingerprint density at radius 1 is 1.18 bits per heavy atom. The lowest BCUT2D eigenvalue weighted by Crippen LogP contribution is -2.49. The topological polar surface area (TPSA) is 132 Å². The first-order valence-electron chi connectivity index (χ1n) is 12.5. The minimum atomic E-state index is -0.437. The number of hydrogen-bond acceptors (Lipinski definition) is 10. The van der Waals surface area contributed by atoms with E-state index in [9.17, 15) is 4.79 Å². The number of anilines is 2. The summed E-state index contributed by atoms with van der Waals surface area (Å²) in [6.07, 6.45) is 9.26. The first-order valence-corrected chi connectivity index (χ1v) is 13.3. The molecule has 0 spiro atoms. The number of morpholine rings is 1. The Labute approximate surface area is 226 Å². The summed E-state index contributed by atoms with van der Waals surface area (Å²) in [5.74, 6) is 1.25. The van der Waals surface area contributed by atoms with Crippen molar-refractivity contribution in [3.63, 3.8) is 0 Å². The van der Waals surface area contributed by atoms with E-state index in [0.29, 0.717) is 43.4 Å². The average Bonchev–Trinajstić information content (AvgIpc) is 3.28. The Hall–Kier alpha value is -3.56. The van der Waals surface area contributed by atoms with E-state index in [1.165, 1.54) is 11.1 Å². The molecule has 1 aromatic carbocycles. The Kier molecular flexibility index (Phi) is 8.91. The lowest BCUT2D eigenvalue weighted by atomic mass is 10.1. The number of aliphatic hydroxyl groups is 1. The van der Waals surface area contributed by atoms with Crippen molar-refractivity contribution in [2.45, 2.75) is 13.5 Å². The number of thiophene rings is 1. The average molecular weight is 536 g/mol. The third-order valence-electron chi connectivity index (χ3n) is 6.91. The summed E-state index contributed by atoms with van der Waals surface area (Å²) in [6, 6.07) is 5.57. The van der Waals surface area contributed by atoms with Gasteiger partial charge in [0, 0.05) is 73.7 Å². The number of amides is 1. The number of aryl methyl sites for hydroxylation is 1. The molecule has 2 aliphatic heterocycles. The van der Waals surface area contributed by atoms with E-state index in [2.05, 4.69) is 29.6 Å². The second kappa shape index (κ2) is 12.3. The van der Waals surface area contributed by atoms with E-state index >= 15 is 0 Å². The smallest absolute Gasteiger partial charge is 0.248 e. The fraction of sp³-hybridized carbons (Fsp3) is 0.407. The van der Waals surface area contributed by atoms with Crippen LogP contribution in [0.25, 0.3) is 21.6 Å². The van der Waals surface area contributed by atoms with Gasteiger partial charge in [0.2, 0.25) is 5.91 Å². The molecule has 2 saturated heterocycles. The van der Waals surface area contributed by atoms with Crippen LogP contribution in [0.3, 0.4) is 0 Å². The van der Waals surface area contributed by atoms with Crippen LogP contribution in [0.1, 0.15) is 16.0 Å². The number of piperazine rings is 1. The van der Waals surface area contributed by atoms with Crippen LogP contribution in [0.2, 0.25) is 0 Å². The van der Waals surface area contributed by atoms with Crippen molar-refractivity contribution in [3.8, 4) is 24.2 Å². The van der Waals surface area contributed by atoms with Crippen molar-refractivity contribution in [2.24, 2.45) is 0 Å². The molecule has 2 aliphatic rings. The Balaban J connectivity index is 0.00000164. The summed E-state index contributed by atoms with van der Waals surface area (Å²) in [5, 5.41) is 17.0. The van der Waals surface area contributed by atoms with E-state index in [1.807, 2.05) is 12.1 Å². The molecule has 38 heavy (non-hydrogen) atoms. The minimum absolute atomic E-state index is 0.212. The largest absolute Gasteiger partial charge is 0.398 e. The van der Waals surface area contributed by atoms with Crippen LogP contribution in [0.4, 0.5) is 11.5 Å². The highest BCUT2D eigenvalue weighted by Crippen LogP contribution is 2.38. The summed E-state index contributed by atoms with van der Waals surface area (Å²) in [5.41, 5.74) is 10.1. The first kappa shape index (κ1) is 27.5. The number of ether oxygens (including phenoxy) is 1. The number of terminal acetylenes is 1. The molecule has 3 aromatic rings. The van der Waals surface area contributed by atoms with Crippen LogP contribution in [-0.4, -0.2) is 96.1 Å². The molecule has 0 saturated carbocycles. The van der Waals surface area contributed by atoms with Crippen molar-refractivity contribution in [1.29, 1.82) is 5.41 Å². The third-order valence-corrected chi connectivity index (χ3v) is 8.17. The van der Waals surface area contributed by atoms with Gasteiger partial charge < -0.3 is 30.8 Å². The standard InChI is InChI=1S/C25H31N7O3S.C2H2/c1-16-20(14-30-5-7-31(8-6-30)21(34)15-33)36-23-22(16)28-24(17-3-2-4-19(27)18(17)13-26)29-25(23)32-9-11-35-12-10-32;1-2/h2-4,13,26,33H,5-12,14-15,27H2,1H3;1-2H. The van der Waals surface area contributed by atoms with Gasteiger partial charge in [0.1, 0.15) is 6.61 Å². The van der Waals surface area contributed by atoms with Gasteiger partial charge in [-0.15, -0.1) is 24.2 Å². The van der Waals surface area contributed by atoms with Crippen LogP contribution in [-0.2, 0) is 16.1 Å². The van der Waals surface area contributed by atoms with Crippen molar-refractivity contribution < 1.29 is 14.6 Å². The summed E-state index contributed by atoms with van der Waals surface area (Å²) in [4.78, 5) is 29.4. The zero-order valence-corrected chi connectivity index (χ0v) is 22.3. The van der Waals surface area contributed by atoms with Gasteiger partial charge in [-0.05, 0) is 18.6 Å². The molecule has 11 heteroatoms. The summed E-state index contributed by atoms with van der Waals surface area (Å²) >= 11 is 1.73. The Morgan fingerprint density at radius 3 is 2.55 bits per heavy atom. The number of nitrogens with zero attached hydrogens (tertiary/aromatic N) is 5. The van der Waals surface area contributed by atoms with E-state index in [0.717, 1.165) is 59.9 Å². The van der Waals surface area contributed by atoms with E-state index < -0.39 is 6.61 Å². The predicted molar refractivity (Wildman–Crippen MR) is 152 cm³/mol. The fourth-order valence-electron chi connectivity index (χ4n) is 4.78. The number of nitrogen functional groups attached to an aromatic ring is 1. The SMILES string of the molecule is C#C.Cc1c(CN2CCN(C(=O)CO)CC2)sc2c(N3CCOCC3)nc(-c3cccc(N)c3C=N)nc12. The fourth-order valence-corrected chi connectivity index (χ4v) is 6.08. The normalized spacial score (nSPS) is 16.2. The second-order valence-corrected chi connectivity index (χ2v) is 10.2. The van der Waals surface area contributed by atoms with Crippen LogP contribution in [0, 0.1) is 25.2 Å². The number of fused-ring (bicyclic) bond motifs is 1. The molecule has 0 radical (unpaired) electrons. The maximum atomic E-state index is 11.8. The van der Waals surface area contributed by atoms with E-state index in [4.69, 9.17) is 31.0 Å². The highest BCUT2D eigenvalue weighted by Gasteiger charge is 2.25. The monoisotopic (exact) mass is 535 g/mol. The summed E-state index contributed by atoms with van der Waals surface area (Å²) in [7, 11) is 0. The molecule has 5 rings (SSSR count). The number of aliphatic hydroxyl groups excluding tert-OH is 1. The van der Waals surface area contributed by atoms with Crippen LogP contribution < -0.4 is 10.6 Å². The lowest BCUT2D eigenvalue weighted by molar-refractivity contribution is -0.135. The number of benzene rings is 1. The van der Waals surface area contributed by atoms with Crippen LogP contribution in [0.5, 0.6) is 0 Å². The number of nitrogens with two attached hydrogens (primary N) is 1. The zero-order valence-electron chi connectivity index (χ0n) is 21.5. The van der Waals surface area contributed by atoms with Gasteiger partial charge in [-0.1, -0.05) is 12.1 Å². The molecule has 1 amide bonds. The van der Waals surface area contributed by atoms with Crippen LogP contribution >= 0.6 is 11.3 Å². The lowest BCUT2D eigenvalue weighted by Gasteiger charge is -2.34. The number of rotatable bonds is 6. The van der Waals surface area contributed by atoms with Crippen molar-refractivity contribution in [3.05, 3.63) is 34.2 Å².